The van der Waals surface area contributed by atoms with E-state index in [4.69, 9.17) is 19.4 Å². The van der Waals surface area contributed by atoms with Gasteiger partial charge in [-0.15, -0.1) is 0 Å². The van der Waals surface area contributed by atoms with E-state index in [1.165, 1.54) is 18.4 Å². The lowest BCUT2D eigenvalue weighted by molar-refractivity contribution is 0.354. The van der Waals surface area contributed by atoms with Crippen LogP contribution in [0.5, 0.6) is 11.5 Å². The molecule has 1 aliphatic heterocycles. The molecule has 6 heteroatoms. The maximum atomic E-state index is 5.39. The van der Waals surface area contributed by atoms with Crippen LogP contribution in [0.25, 0.3) is 10.9 Å². The molecule has 4 rings (SSSR count). The first-order chi connectivity index (χ1) is 13.8. The normalized spacial score (nSPS) is 13.7. The molecule has 0 spiro atoms. The Labute approximate surface area is 165 Å². The third-order valence-corrected chi connectivity index (χ3v) is 5.13. The summed E-state index contributed by atoms with van der Waals surface area (Å²) in [5.74, 6) is 3.21. The van der Waals surface area contributed by atoms with Crippen LogP contribution in [0.3, 0.4) is 0 Å². The van der Waals surface area contributed by atoms with Crippen LogP contribution < -0.4 is 19.7 Å². The Bertz CT molecular complexity index is 954. The first kappa shape index (κ1) is 18.3. The summed E-state index contributed by atoms with van der Waals surface area (Å²) in [6, 6.07) is 14.2. The van der Waals surface area contributed by atoms with Crippen LogP contribution in [-0.2, 0) is 6.42 Å². The average Bonchev–Trinajstić information content (AvgIpc) is 3.27. The smallest absolute Gasteiger partial charge is 0.225 e. The third kappa shape index (κ3) is 3.81. The highest BCUT2D eigenvalue weighted by molar-refractivity contribution is 5.90. The fourth-order valence-corrected chi connectivity index (χ4v) is 3.66. The number of fused-ring (bicyclic) bond motifs is 1. The number of nitrogens with zero attached hydrogens (tertiary/aromatic N) is 3. The summed E-state index contributed by atoms with van der Waals surface area (Å²) in [5.41, 5.74) is 2.15. The highest BCUT2D eigenvalue weighted by Gasteiger charge is 2.18. The van der Waals surface area contributed by atoms with Crippen molar-refractivity contribution >= 4 is 22.7 Å². The Kier molecular flexibility index (Phi) is 5.46. The summed E-state index contributed by atoms with van der Waals surface area (Å²) in [5, 5.41) is 4.51. The predicted molar refractivity (Wildman–Crippen MR) is 113 cm³/mol. The number of para-hydroxylation sites is 1. The van der Waals surface area contributed by atoms with Crippen molar-refractivity contribution in [3.8, 4) is 11.5 Å². The number of aromatic nitrogens is 2. The van der Waals surface area contributed by atoms with Gasteiger partial charge >= 0.3 is 0 Å². The molecule has 0 atom stereocenters. The molecular weight excluding hydrogens is 352 g/mol. The quantitative estimate of drug-likeness (QED) is 0.673. The monoisotopic (exact) mass is 378 g/mol. The fraction of sp³-hybridized carbons (Fsp3) is 0.364. The molecule has 3 aromatic rings. The minimum Gasteiger partial charge on any atom is -0.493 e. The lowest BCUT2D eigenvalue weighted by Gasteiger charge is -2.19. The van der Waals surface area contributed by atoms with Gasteiger partial charge in [0.05, 0.1) is 19.7 Å². The average molecular weight is 378 g/mol. The van der Waals surface area contributed by atoms with Gasteiger partial charge in [0, 0.05) is 25.0 Å². The molecular formula is C22H26N4O2. The van der Waals surface area contributed by atoms with Crippen molar-refractivity contribution in [1.29, 1.82) is 0 Å². The molecule has 146 valence electrons. The van der Waals surface area contributed by atoms with E-state index in [2.05, 4.69) is 34.5 Å². The third-order valence-electron chi connectivity index (χ3n) is 5.13. The van der Waals surface area contributed by atoms with Crippen molar-refractivity contribution in [2.24, 2.45) is 0 Å². The molecule has 0 radical (unpaired) electrons. The van der Waals surface area contributed by atoms with E-state index in [9.17, 15) is 0 Å². The molecule has 0 unspecified atom stereocenters. The highest BCUT2D eigenvalue weighted by atomic mass is 16.5. The van der Waals surface area contributed by atoms with Crippen LogP contribution >= 0.6 is 0 Å². The first-order valence-electron chi connectivity index (χ1n) is 9.75. The van der Waals surface area contributed by atoms with Gasteiger partial charge in [0.2, 0.25) is 5.95 Å². The van der Waals surface area contributed by atoms with Crippen molar-refractivity contribution in [1.82, 2.24) is 9.97 Å². The van der Waals surface area contributed by atoms with E-state index >= 15 is 0 Å². The largest absolute Gasteiger partial charge is 0.493 e. The van der Waals surface area contributed by atoms with E-state index in [-0.39, 0.29) is 0 Å². The zero-order valence-electron chi connectivity index (χ0n) is 16.4. The van der Waals surface area contributed by atoms with Crippen LogP contribution in [-0.4, -0.2) is 43.8 Å². The summed E-state index contributed by atoms with van der Waals surface area (Å²) in [6.07, 6.45) is 3.29. The Morgan fingerprint density at radius 3 is 2.54 bits per heavy atom. The molecule has 0 saturated carbocycles. The van der Waals surface area contributed by atoms with Crippen LogP contribution in [0.4, 0.5) is 11.8 Å². The van der Waals surface area contributed by atoms with Gasteiger partial charge in [0.25, 0.3) is 0 Å². The molecule has 0 aliphatic carbocycles. The van der Waals surface area contributed by atoms with Gasteiger partial charge < -0.3 is 19.7 Å². The highest BCUT2D eigenvalue weighted by Crippen LogP contribution is 2.29. The van der Waals surface area contributed by atoms with Gasteiger partial charge in [0.15, 0.2) is 11.5 Å². The molecule has 1 saturated heterocycles. The molecule has 2 aromatic carbocycles. The molecule has 1 fully saturated rings. The summed E-state index contributed by atoms with van der Waals surface area (Å²) < 4.78 is 10.7. The number of nitrogens with one attached hydrogen (secondary N) is 1. The van der Waals surface area contributed by atoms with Crippen LogP contribution in [0, 0.1) is 0 Å². The standard InChI is InChI=1S/C22H26N4O2/c1-27-19-10-9-16(15-20(19)28-2)11-12-23-22-24-18-8-4-3-7-17(18)21(25-22)26-13-5-6-14-26/h3-4,7-10,15H,5-6,11-14H2,1-2H3,(H,23,24,25). The van der Waals surface area contributed by atoms with Crippen LogP contribution in [0.1, 0.15) is 18.4 Å². The minimum absolute atomic E-state index is 0.682. The van der Waals surface area contributed by atoms with Gasteiger partial charge in [0.1, 0.15) is 5.82 Å². The minimum atomic E-state index is 0.682. The zero-order valence-corrected chi connectivity index (χ0v) is 16.4. The summed E-state index contributed by atoms with van der Waals surface area (Å²) in [6.45, 7) is 2.87. The van der Waals surface area contributed by atoms with E-state index in [0.717, 1.165) is 54.3 Å². The molecule has 1 aliphatic rings. The lowest BCUT2D eigenvalue weighted by Crippen LogP contribution is -2.20. The Morgan fingerprint density at radius 1 is 0.964 bits per heavy atom. The second kappa shape index (κ2) is 8.33. The second-order valence-electron chi connectivity index (χ2n) is 6.95. The number of rotatable bonds is 7. The molecule has 2 heterocycles. The number of benzene rings is 2. The van der Waals surface area contributed by atoms with Crippen molar-refractivity contribution < 1.29 is 9.47 Å². The Morgan fingerprint density at radius 2 is 1.75 bits per heavy atom. The van der Waals surface area contributed by atoms with Crippen molar-refractivity contribution in [3.63, 3.8) is 0 Å². The van der Waals surface area contributed by atoms with Gasteiger partial charge in [-0.3, -0.25) is 0 Å². The molecule has 1 N–H and O–H groups in total. The van der Waals surface area contributed by atoms with Gasteiger partial charge in [-0.05, 0) is 49.1 Å². The topological polar surface area (TPSA) is 59.5 Å². The van der Waals surface area contributed by atoms with E-state index in [1.54, 1.807) is 14.2 Å². The number of hydrogen-bond donors (Lipinski definition) is 1. The zero-order chi connectivity index (χ0) is 19.3. The summed E-state index contributed by atoms with van der Waals surface area (Å²) in [7, 11) is 3.30. The van der Waals surface area contributed by atoms with Gasteiger partial charge in [-0.25, -0.2) is 4.98 Å². The fourth-order valence-electron chi connectivity index (χ4n) is 3.66. The lowest BCUT2D eigenvalue weighted by atomic mass is 10.1. The summed E-state index contributed by atoms with van der Waals surface area (Å²) >= 11 is 0. The molecule has 0 bridgehead atoms. The maximum Gasteiger partial charge on any atom is 0.225 e. The molecule has 1 aromatic heterocycles. The number of methoxy groups -OCH3 is 2. The van der Waals surface area contributed by atoms with Gasteiger partial charge in [-0.1, -0.05) is 18.2 Å². The Hall–Kier alpha value is -3.02. The Balaban J connectivity index is 1.50. The van der Waals surface area contributed by atoms with E-state index < -0.39 is 0 Å². The second-order valence-corrected chi connectivity index (χ2v) is 6.95. The van der Waals surface area contributed by atoms with E-state index in [1.807, 2.05) is 18.2 Å². The summed E-state index contributed by atoms with van der Waals surface area (Å²) in [4.78, 5) is 11.9. The van der Waals surface area contributed by atoms with Crippen LogP contribution in [0.15, 0.2) is 42.5 Å². The van der Waals surface area contributed by atoms with Crippen molar-refractivity contribution in [2.45, 2.75) is 19.3 Å². The number of ether oxygens (including phenoxy) is 2. The SMILES string of the molecule is COc1ccc(CCNc2nc(N3CCCC3)c3ccccc3n2)cc1OC. The molecule has 28 heavy (non-hydrogen) atoms. The first-order valence-corrected chi connectivity index (χ1v) is 9.75. The predicted octanol–water partition coefficient (Wildman–Crippen LogP) is 3.90. The van der Waals surface area contributed by atoms with E-state index in [0.29, 0.717) is 5.95 Å². The number of hydrogen-bond acceptors (Lipinski definition) is 6. The van der Waals surface area contributed by atoms with Crippen molar-refractivity contribution in [3.05, 3.63) is 48.0 Å². The maximum absolute atomic E-state index is 5.39. The van der Waals surface area contributed by atoms with Crippen LogP contribution in [0.2, 0.25) is 0 Å². The molecule has 0 amide bonds. The number of anilines is 2. The molecule has 6 nitrogen and oxygen atoms in total. The van der Waals surface area contributed by atoms with Crippen molar-refractivity contribution in [2.75, 3.05) is 44.1 Å². The van der Waals surface area contributed by atoms with Gasteiger partial charge in [-0.2, -0.15) is 4.98 Å².